The molecule has 0 radical (unpaired) electrons. The van der Waals surface area contributed by atoms with Crippen LogP contribution in [0.2, 0.25) is 0 Å². The Balaban J connectivity index is 2.34. The zero-order valence-corrected chi connectivity index (χ0v) is 7.20. The fourth-order valence-corrected chi connectivity index (χ4v) is 1.38. The van der Waals surface area contributed by atoms with E-state index in [0.29, 0.717) is 6.54 Å². The molecule has 0 spiro atoms. The summed E-state index contributed by atoms with van der Waals surface area (Å²) in [6, 6.07) is 0. The summed E-state index contributed by atoms with van der Waals surface area (Å²) in [4.78, 5) is 14.4. The SMILES string of the molecule is C#CCN1CCCN(C=O)CC1. The molecular weight excluding hydrogens is 152 g/mol. The number of rotatable bonds is 2. The van der Waals surface area contributed by atoms with Gasteiger partial charge in [-0.2, -0.15) is 0 Å². The highest BCUT2D eigenvalue weighted by Crippen LogP contribution is 1.99. The van der Waals surface area contributed by atoms with Gasteiger partial charge in [0.05, 0.1) is 6.54 Å². The van der Waals surface area contributed by atoms with Gasteiger partial charge in [0.15, 0.2) is 0 Å². The number of hydrogen-bond acceptors (Lipinski definition) is 2. The summed E-state index contributed by atoms with van der Waals surface area (Å²) in [5.41, 5.74) is 0. The molecule has 1 saturated heterocycles. The first kappa shape index (κ1) is 9.08. The maximum Gasteiger partial charge on any atom is 0.209 e. The molecule has 66 valence electrons. The van der Waals surface area contributed by atoms with E-state index in [1.165, 1.54) is 0 Å². The van der Waals surface area contributed by atoms with E-state index in [9.17, 15) is 4.79 Å². The largest absolute Gasteiger partial charge is 0.344 e. The fourth-order valence-electron chi connectivity index (χ4n) is 1.38. The van der Waals surface area contributed by atoms with Crippen LogP contribution in [0.15, 0.2) is 0 Å². The molecule has 0 aromatic rings. The van der Waals surface area contributed by atoms with Crippen molar-refractivity contribution in [3.05, 3.63) is 0 Å². The van der Waals surface area contributed by atoms with E-state index in [-0.39, 0.29) is 0 Å². The Morgan fingerprint density at radius 1 is 1.33 bits per heavy atom. The Bertz CT molecular complexity index is 185. The average molecular weight is 166 g/mol. The third-order valence-corrected chi connectivity index (χ3v) is 2.09. The molecule has 3 nitrogen and oxygen atoms in total. The van der Waals surface area contributed by atoms with Gasteiger partial charge in [0, 0.05) is 26.2 Å². The van der Waals surface area contributed by atoms with Crippen LogP contribution in [0.3, 0.4) is 0 Å². The van der Waals surface area contributed by atoms with Crippen molar-refractivity contribution in [1.82, 2.24) is 9.80 Å². The van der Waals surface area contributed by atoms with E-state index in [2.05, 4.69) is 10.8 Å². The van der Waals surface area contributed by atoms with Crippen LogP contribution in [0.1, 0.15) is 6.42 Å². The molecule has 1 aliphatic rings. The number of carbonyl (C=O) groups excluding carboxylic acids is 1. The van der Waals surface area contributed by atoms with Crippen LogP contribution in [0.5, 0.6) is 0 Å². The van der Waals surface area contributed by atoms with Gasteiger partial charge in [0.1, 0.15) is 0 Å². The molecule has 0 atom stereocenters. The molecule has 1 aliphatic heterocycles. The minimum absolute atomic E-state index is 0.701. The topological polar surface area (TPSA) is 23.6 Å². The molecule has 0 unspecified atom stereocenters. The molecule has 0 aromatic heterocycles. The van der Waals surface area contributed by atoms with E-state index in [1.807, 2.05) is 0 Å². The molecule has 0 bridgehead atoms. The highest BCUT2D eigenvalue weighted by molar-refractivity contribution is 5.46. The Labute approximate surface area is 73.3 Å². The fraction of sp³-hybridized carbons (Fsp3) is 0.667. The van der Waals surface area contributed by atoms with Crippen LogP contribution in [0.4, 0.5) is 0 Å². The quantitative estimate of drug-likeness (QED) is 0.418. The van der Waals surface area contributed by atoms with Gasteiger partial charge in [-0.15, -0.1) is 6.42 Å². The molecule has 1 fully saturated rings. The van der Waals surface area contributed by atoms with Crippen molar-refractivity contribution < 1.29 is 4.79 Å². The zero-order chi connectivity index (χ0) is 8.81. The Hall–Kier alpha value is -1.01. The standard InChI is InChI=1S/C9H14N2O/c1-2-4-10-5-3-6-11(9-12)8-7-10/h1,9H,3-8H2. The minimum Gasteiger partial charge on any atom is -0.344 e. The Morgan fingerprint density at radius 2 is 2.17 bits per heavy atom. The predicted molar refractivity (Wildman–Crippen MR) is 47.5 cm³/mol. The number of carbonyl (C=O) groups is 1. The lowest BCUT2D eigenvalue weighted by molar-refractivity contribution is -0.118. The average Bonchev–Trinajstić information content (AvgIpc) is 2.31. The number of hydrogen-bond donors (Lipinski definition) is 0. The van der Waals surface area contributed by atoms with Crippen LogP contribution >= 0.6 is 0 Å². The molecule has 3 heteroatoms. The van der Waals surface area contributed by atoms with Crippen molar-refractivity contribution in [2.75, 3.05) is 32.7 Å². The summed E-state index contributed by atoms with van der Waals surface area (Å²) in [5, 5.41) is 0. The van der Waals surface area contributed by atoms with E-state index in [0.717, 1.165) is 39.0 Å². The second kappa shape index (κ2) is 4.78. The monoisotopic (exact) mass is 166 g/mol. The molecule has 0 N–H and O–H groups in total. The van der Waals surface area contributed by atoms with Crippen LogP contribution in [-0.4, -0.2) is 48.9 Å². The van der Waals surface area contributed by atoms with Crippen molar-refractivity contribution in [1.29, 1.82) is 0 Å². The first-order valence-corrected chi connectivity index (χ1v) is 4.22. The van der Waals surface area contributed by atoms with Crippen molar-refractivity contribution in [2.24, 2.45) is 0 Å². The van der Waals surface area contributed by atoms with Gasteiger partial charge in [-0.25, -0.2) is 0 Å². The molecular formula is C9H14N2O. The normalized spacial score (nSPS) is 19.8. The maximum absolute atomic E-state index is 10.4. The molecule has 1 rings (SSSR count). The number of nitrogens with zero attached hydrogens (tertiary/aromatic N) is 2. The summed E-state index contributed by atoms with van der Waals surface area (Å²) >= 11 is 0. The zero-order valence-electron chi connectivity index (χ0n) is 7.20. The van der Waals surface area contributed by atoms with E-state index >= 15 is 0 Å². The predicted octanol–water partition coefficient (Wildman–Crippen LogP) is -0.216. The van der Waals surface area contributed by atoms with Crippen LogP contribution in [-0.2, 0) is 4.79 Å². The van der Waals surface area contributed by atoms with Gasteiger partial charge in [-0.05, 0) is 6.42 Å². The molecule has 1 amide bonds. The molecule has 12 heavy (non-hydrogen) atoms. The van der Waals surface area contributed by atoms with Crippen LogP contribution in [0, 0.1) is 12.3 Å². The third kappa shape index (κ3) is 2.55. The molecule has 0 saturated carbocycles. The van der Waals surface area contributed by atoms with Gasteiger partial charge in [0.2, 0.25) is 6.41 Å². The lowest BCUT2D eigenvalue weighted by Gasteiger charge is -2.16. The van der Waals surface area contributed by atoms with E-state index < -0.39 is 0 Å². The first-order chi connectivity index (χ1) is 5.86. The second-order valence-corrected chi connectivity index (χ2v) is 2.98. The van der Waals surface area contributed by atoms with E-state index in [4.69, 9.17) is 6.42 Å². The summed E-state index contributed by atoms with van der Waals surface area (Å²) < 4.78 is 0. The second-order valence-electron chi connectivity index (χ2n) is 2.98. The smallest absolute Gasteiger partial charge is 0.209 e. The first-order valence-electron chi connectivity index (χ1n) is 4.22. The Morgan fingerprint density at radius 3 is 2.83 bits per heavy atom. The molecule has 1 heterocycles. The van der Waals surface area contributed by atoms with Crippen molar-refractivity contribution in [3.63, 3.8) is 0 Å². The number of amides is 1. The lowest BCUT2D eigenvalue weighted by atomic mass is 10.4. The summed E-state index contributed by atoms with van der Waals surface area (Å²) in [5.74, 6) is 2.62. The van der Waals surface area contributed by atoms with Gasteiger partial charge < -0.3 is 4.90 Å². The van der Waals surface area contributed by atoms with Gasteiger partial charge in [0.25, 0.3) is 0 Å². The minimum atomic E-state index is 0.701. The van der Waals surface area contributed by atoms with Crippen LogP contribution < -0.4 is 0 Å². The summed E-state index contributed by atoms with van der Waals surface area (Å²) in [6.45, 7) is 4.29. The summed E-state index contributed by atoms with van der Waals surface area (Å²) in [7, 11) is 0. The molecule has 0 aromatic carbocycles. The van der Waals surface area contributed by atoms with Gasteiger partial charge in [-0.3, -0.25) is 9.69 Å². The summed E-state index contributed by atoms with van der Waals surface area (Å²) in [6.07, 6.45) is 7.15. The third-order valence-electron chi connectivity index (χ3n) is 2.09. The van der Waals surface area contributed by atoms with E-state index in [1.54, 1.807) is 4.90 Å². The number of terminal acetylenes is 1. The van der Waals surface area contributed by atoms with Crippen molar-refractivity contribution in [2.45, 2.75) is 6.42 Å². The maximum atomic E-state index is 10.4. The molecule has 0 aliphatic carbocycles. The van der Waals surface area contributed by atoms with Gasteiger partial charge >= 0.3 is 0 Å². The Kier molecular flexibility index (Phi) is 3.62. The van der Waals surface area contributed by atoms with Gasteiger partial charge in [-0.1, -0.05) is 5.92 Å². The van der Waals surface area contributed by atoms with Crippen molar-refractivity contribution >= 4 is 6.41 Å². The highest BCUT2D eigenvalue weighted by atomic mass is 16.1. The van der Waals surface area contributed by atoms with Crippen LogP contribution in [0.25, 0.3) is 0 Å². The lowest BCUT2D eigenvalue weighted by Crippen LogP contribution is -2.30. The van der Waals surface area contributed by atoms with Crippen molar-refractivity contribution in [3.8, 4) is 12.3 Å². The highest BCUT2D eigenvalue weighted by Gasteiger charge is 2.11.